The van der Waals surface area contributed by atoms with Crippen LogP contribution in [-0.4, -0.2) is 19.3 Å². The van der Waals surface area contributed by atoms with Gasteiger partial charge in [-0.3, -0.25) is 4.57 Å². The number of rotatable bonds is 1. The third-order valence-electron chi connectivity index (χ3n) is 4.24. The van der Waals surface area contributed by atoms with Gasteiger partial charge in [0, 0.05) is 11.9 Å². The molecule has 0 fully saturated rings. The number of aliphatic hydroxyl groups excluding tert-OH is 1. The molecule has 0 aliphatic carbocycles. The van der Waals surface area contributed by atoms with Gasteiger partial charge in [-0.2, -0.15) is 5.26 Å². The molecule has 1 aromatic carbocycles. The molecule has 0 saturated carbocycles. The lowest BCUT2D eigenvalue weighted by molar-refractivity contribution is 0.175. The van der Waals surface area contributed by atoms with Crippen LogP contribution in [0.2, 0.25) is 0 Å². The minimum atomic E-state index is -0.857. The highest BCUT2D eigenvalue weighted by atomic mass is 16.3. The largest absolute Gasteiger partial charge is 0.493 e. The predicted octanol–water partition coefficient (Wildman–Crippen LogP) is 1.71. The lowest BCUT2D eigenvalue weighted by Crippen LogP contribution is -2.22. The lowest BCUT2D eigenvalue weighted by Gasteiger charge is -2.07. The zero-order valence-electron chi connectivity index (χ0n) is 12.3. The quantitative estimate of drug-likeness (QED) is 0.712. The van der Waals surface area contributed by atoms with Crippen molar-refractivity contribution < 1.29 is 14.6 Å². The Bertz CT molecular complexity index is 1050. The highest BCUT2D eigenvalue weighted by molar-refractivity contribution is 5.91. The summed E-state index contributed by atoms with van der Waals surface area (Å²) >= 11 is 0. The van der Waals surface area contributed by atoms with Gasteiger partial charge in [0.25, 0.3) is 0 Å². The maximum atomic E-state index is 12.6. The van der Waals surface area contributed by atoms with E-state index < -0.39 is 11.8 Å². The molecule has 23 heavy (non-hydrogen) atoms. The summed E-state index contributed by atoms with van der Waals surface area (Å²) in [7, 11) is 0. The standard InChI is InChI=1S/C16H13N3O4/c1-8-6-10-11(3-2-9(7-17)14(10)23-8)19-15(21)13-12(20)4-5-18(13)16(19)22/h2-3,6,12,20-21H,4-5H2,1H3. The predicted molar refractivity (Wildman–Crippen MR) is 80.5 cm³/mol. The second kappa shape index (κ2) is 4.51. The van der Waals surface area contributed by atoms with Crippen molar-refractivity contribution in [2.45, 2.75) is 26.0 Å². The number of aryl methyl sites for hydroxylation is 1. The van der Waals surface area contributed by atoms with Gasteiger partial charge < -0.3 is 14.6 Å². The molecule has 3 aromatic rings. The average Bonchev–Trinajstić information content (AvgIpc) is 3.15. The Morgan fingerprint density at radius 1 is 1.43 bits per heavy atom. The molecule has 0 amide bonds. The summed E-state index contributed by atoms with van der Waals surface area (Å²) in [6, 6.07) is 6.91. The first-order valence-corrected chi connectivity index (χ1v) is 7.19. The Balaban J connectivity index is 2.08. The molecule has 2 aromatic heterocycles. The Morgan fingerprint density at radius 3 is 2.91 bits per heavy atom. The first-order chi connectivity index (χ1) is 11.0. The molecule has 7 heteroatoms. The number of benzene rings is 1. The van der Waals surface area contributed by atoms with E-state index in [0.29, 0.717) is 40.9 Å². The number of furan rings is 1. The van der Waals surface area contributed by atoms with Crippen molar-refractivity contribution in [3.8, 4) is 17.6 Å². The van der Waals surface area contributed by atoms with Crippen LogP contribution in [0.3, 0.4) is 0 Å². The van der Waals surface area contributed by atoms with E-state index in [4.69, 9.17) is 4.42 Å². The van der Waals surface area contributed by atoms with Crippen LogP contribution in [0.25, 0.3) is 16.7 Å². The van der Waals surface area contributed by atoms with Gasteiger partial charge >= 0.3 is 5.69 Å². The number of imidazole rings is 1. The summed E-state index contributed by atoms with van der Waals surface area (Å²) in [5, 5.41) is 30.1. The molecule has 1 atom stereocenters. The van der Waals surface area contributed by atoms with E-state index in [1.807, 2.05) is 6.07 Å². The smallest absolute Gasteiger partial charge is 0.336 e. The van der Waals surface area contributed by atoms with E-state index >= 15 is 0 Å². The Morgan fingerprint density at radius 2 is 2.22 bits per heavy atom. The number of nitriles is 1. The summed E-state index contributed by atoms with van der Waals surface area (Å²) in [6.07, 6.45) is -0.448. The lowest BCUT2D eigenvalue weighted by atomic mass is 10.1. The van der Waals surface area contributed by atoms with E-state index in [1.54, 1.807) is 25.1 Å². The van der Waals surface area contributed by atoms with E-state index in [0.717, 1.165) is 4.57 Å². The minimum Gasteiger partial charge on any atom is -0.493 e. The zero-order valence-corrected chi connectivity index (χ0v) is 12.3. The molecule has 1 aliphatic heterocycles. The fourth-order valence-electron chi connectivity index (χ4n) is 3.22. The van der Waals surface area contributed by atoms with Crippen molar-refractivity contribution in [1.29, 1.82) is 5.26 Å². The van der Waals surface area contributed by atoms with Crippen LogP contribution in [0, 0.1) is 18.3 Å². The third kappa shape index (κ3) is 1.69. The van der Waals surface area contributed by atoms with Crippen molar-refractivity contribution in [2.75, 3.05) is 0 Å². The van der Waals surface area contributed by atoms with Crippen molar-refractivity contribution in [3.05, 3.63) is 45.7 Å². The number of aromatic nitrogens is 2. The van der Waals surface area contributed by atoms with E-state index in [9.17, 15) is 20.3 Å². The molecule has 7 nitrogen and oxygen atoms in total. The summed E-state index contributed by atoms with van der Waals surface area (Å²) in [4.78, 5) is 12.6. The average molecular weight is 311 g/mol. The molecule has 3 heterocycles. The Kier molecular flexibility index (Phi) is 2.68. The topological polar surface area (TPSA) is 104 Å². The number of aliphatic hydroxyl groups is 1. The van der Waals surface area contributed by atoms with Crippen molar-refractivity contribution in [1.82, 2.24) is 9.13 Å². The van der Waals surface area contributed by atoms with Crippen molar-refractivity contribution in [2.24, 2.45) is 0 Å². The maximum absolute atomic E-state index is 12.6. The normalized spacial score (nSPS) is 16.7. The molecule has 1 unspecified atom stereocenters. The second-order valence-electron chi connectivity index (χ2n) is 5.63. The zero-order chi connectivity index (χ0) is 16.3. The summed E-state index contributed by atoms with van der Waals surface area (Å²) < 4.78 is 8.08. The van der Waals surface area contributed by atoms with Crippen LogP contribution in [0.4, 0.5) is 0 Å². The summed E-state index contributed by atoms with van der Waals surface area (Å²) in [6.45, 7) is 2.11. The number of aromatic hydroxyl groups is 1. The van der Waals surface area contributed by atoms with Crippen LogP contribution in [0.15, 0.2) is 27.4 Å². The Labute approximate surface area is 130 Å². The highest BCUT2D eigenvalue weighted by Gasteiger charge is 2.31. The molecule has 0 radical (unpaired) electrons. The molecule has 0 bridgehead atoms. The van der Waals surface area contributed by atoms with Crippen molar-refractivity contribution in [3.63, 3.8) is 0 Å². The van der Waals surface area contributed by atoms with Gasteiger partial charge in [-0.1, -0.05) is 0 Å². The molecule has 4 rings (SSSR count). The van der Waals surface area contributed by atoms with Crippen LogP contribution >= 0.6 is 0 Å². The van der Waals surface area contributed by atoms with Crippen LogP contribution < -0.4 is 5.69 Å². The number of fused-ring (bicyclic) bond motifs is 2. The second-order valence-corrected chi connectivity index (χ2v) is 5.63. The van der Waals surface area contributed by atoms with Gasteiger partial charge in [-0.15, -0.1) is 0 Å². The van der Waals surface area contributed by atoms with Gasteiger partial charge in [0.05, 0.1) is 11.3 Å². The third-order valence-corrected chi connectivity index (χ3v) is 4.24. The molecule has 1 aliphatic rings. The Hall–Kier alpha value is -2.98. The molecule has 0 spiro atoms. The fourth-order valence-corrected chi connectivity index (χ4v) is 3.22. The molecule has 0 saturated heterocycles. The van der Waals surface area contributed by atoms with Gasteiger partial charge in [-0.25, -0.2) is 9.36 Å². The number of hydrogen-bond acceptors (Lipinski definition) is 5. The first-order valence-electron chi connectivity index (χ1n) is 7.19. The van der Waals surface area contributed by atoms with Crippen molar-refractivity contribution >= 4 is 11.0 Å². The number of hydrogen-bond donors (Lipinski definition) is 2. The van der Waals surface area contributed by atoms with E-state index in [2.05, 4.69) is 0 Å². The van der Waals surface area contributed by atoms with E-state index in [-0.39, 0.29) is 11.6 Å². The number of nitrogens with zero attached hydrogens (tertiary/aromatic N) is 3. The van der Waals surface area contributed by atoms with Gasteiger partial charge in [0.1, 0.15) is 23.6 Å². The van der Waals surface area contributed by atoms with Crippen LogP contribution in [0.1, 0.15) is 29.5 Å². The maximum Gasteiger partial charge on any atom is 0.336 e. The summed E-state index contributed by atoms with van der Waals surface area (Å²) in [5.41, 5.74) is 0.968. The van der Waals surface area contributed by atoms with Gasteiger partial charge in [-0.05, 0) is 31.5 Å². The molecule has 2 N–H and O–H groups in total. The molecular weight excluding hydrogens is 298 g/mol. The monoisotopic (exact) mass is 311 g/mol. The van der Waals surface area contributed by atoms with Gasteiger partial charge in [0.15, 0.2) is 5.58 Å². The minimum absolute atomic E-state index is 0.229. The molecular formula is C16H13N3O4. The fraction of sp³-hybridized carbons (Fsp3) is 0.250. The first kappa shape index (κ1) is 13.7. The molecule has 116 valence electrons. The highest BCUT2D eigenvalue weighted by Crippen LogP contribution is 2.35. The van der Waals surface area contributed by atoms with Crippen LogP contribution in [-0.2, 0) is 6.54 Å². The van der Waals surface area contributed by atoms with E-state index in [1.165, 1.54) is 4.57 Å². The SMILES string of the molecule is Cc1cc2c(-n3c(O)c4n(c3=O)CCC4O)ccc(C#N)c2o1. The van der Waals surface area contributed by atoms with Gasteiger partial charge in [0.2, 0.25) is 5.88 Å². The van der Waals surface area contributed by atoms with Crippen LogP contribution in [0.5, 0.6) is 5.88 Å². The summed E-state index contributed by atoms with van der Waals surface area (Å²) in [5.74, 6) is 0.327.